The van der Waals surface area contributed by atoms with Crippen LogP contribution in [0.1, 0.15) is 33.8 Å². The summed E-state index contributed by atoms with van der Waals surface area (Å²) in [6.45, 7) is 2.59. The van der Waals surface area contributed by atoms with Gasteiger partial charge >= 0.3 is 5.97 Å². The molecular weight excluding hydrogens is 350 g/mol. The Balaban J connectivity index is 1.58. The molecule has 1 heterocycles. The van der Waals surface area contributed by atoms with Crippen molar-refractivity contribution in [1.82, 2.24) is 4.90 Å². The van der Waals surface area contributed by atoms with E-state index in [2.05, 4.69) is 35.2 Å². The average Bonchev–Trinajstić information content (AvgIpc) is 2.74. The lowest BCUT2D eigenvalue weighted by atomic mass is 9.80. The summed E-state index contributed by atoms with van der Waals surface area (Å²) in [5, 5.41) is 21.5. The van der Waals surface area contributed by atoms with Crippen LogP contribution in [0.4, 0.5) is 0 Å². The van der Waals surface area contributed by atoms with E-state index in [4.69, 9.17) is 0 Å². The number of carbonyl (C=O) groups is 1. The number of carboxylic acid groups (broad SMARTS) is 1. The van der Waals surface area contributed by atoms with Crippen molar-refractivity contribution in [3.8, 4) is 0 Å². The molecule has 4 heteroatoms. The Kier molecular flexibility index (Phi) is 5.42. The molecule has 4 rings (SSSR count). The highest BCUT2D eigenvalue weighted by atomic mass is 16.4. The number of hydrogen-bond acceptors (Lipinski definition) is 3. The lowest BCUT2D eigenvalue weighted by Crippen LogP contribution is -2.40. The first-order valence-electron chi connectivity index (χ1n) is 9.79. The molecule has 28 heavy (non-hydrogen) atoms. The molecule has 144 valence electrons. The summed E-state index contributed by atoms with van der Waals surface area (Å²) in [5.41, 5.74) is 2.65. The number of carboxylic acids is 1. The molecular formula is C24H25NO3. The molecule has 0 saturated carbocycles. The van der Waals surface area contributed by atoms with Crippen molar-refractivity contribution in [2.75, 3.05) is 19.7 Å². The molecule has 1 fully saturated rings. The molecule has 0 amide bonds. The number of benzene rings is 3. The minimum Gasteiger partial charge on any atom is -0.478 e. The number of aliphatic hydroxyl groups is 1. The SMILES string of the molecule is O=C(O)c1cc(CN2CC[C@H](c3ccccc3)[C@H](CO)C2)c2ccccc2c1. The third kappa shape index (κ3) is 3.79. The zero-order chi connectivity index (χ0) is 19.5. The summed E-state index contributed by atoms with van der Waals surface area (Å²) in [7, 11) is 0. The van der Waals surface area contributed by atoms with Gasteiger partial charge in [-0.15, -0.1) is 0 Å². The summed E-state index contributed by atoms with van der Waals surface area (Å²) >= 11 is 0. The first-order valence-corrected chi connectivity index (χ1v) is 9.79. The molecule has 3 aromatic rings. The molecule has 0 radical (unpaired) electrons. The molecule has 2 N–H and O–H groups in total. The Labute approximate surface area is 165 Å². The van der Waals surface area contributed by atoms with Gasteiger partial charge in [0.1, 0.15) is 0 Å². The first-order chi connectivity index (χ1) is 13.7. The summed E-state index contributed by atoms with van der Waals surface area (Å²) in [5.74, 6) is -0.349. The Morgan fingerprint density at radius 3 is 2.54 bits per heavy atom. The Morgan fingerprint density at radius 2 is 1.79 bits per heavy atom. The summed E-state index contributed by atoms with van der Waals surface area (Å²) in [4.78, 5) is 13.9. The van der Waals surface area contributed by atoms with E-state index in [1.165, 1.54) is 5.56 Å². The maximum absolute atomic E-state index is 11.5. The largest absolute Gasteiger partial charge is 0.478 e. The molecule has 4 nitrogen and oxygen atoms in total. The average molecular weight is 375 g/mol. The van der Waals surface area contributed by atoms with Crippen LogP contribution >= 0.6 is 0 Å². The third-order valence-electron chi connectivity index (χ3n) is 5.87. The van der Waals surface area contributed by atoms with Gasteiger partial charge in [-0.2, -0.15) is 0 Å². The smallest absolute Gasteiger partial charge is 0.335 e. The highest BCUT2D eigenvalue weighted by Crippen LogP contribution is 2.34. The number of aliphatic hydroxyl groups excluding tert-OH is 1. The number of hydrogen-bond donors (Lipinski definition) is 2. The van der Waals surface area contributed by atoms with Crippen molar-refractivity contribution in [1.29, 1.82) is 0 Å². The van der Waals surface area contributed by atoms with E-state index >= 15 is 0 Å². The summed E-state index contributed by atoms with van der Waals surface area (Å²) < 4.78 is 0. The van der Waals surface area contributed by atoms with Crippen molar-refractivity contribution < 1.29 is 15.0 Å². The molecule has 3 aromatic carbocycles. The van der Waals surface area contributed by atoms with Crippen LogP contribution in [0, 0.1) is 5.92 Å². The molecule has 0 bridgehead atoms. The number of piperidine rings is 1. The lowest BCUT2D eigenvalue weighted by Gasteiger charge is -2.38. The van der Waals surface area contributed by atoms with Gasteiger partial charge in [-0.05, 0) is 52.9 Å². The molecule has 1 saturated heterocycles. The van der Waals surface area contributed by atoms with Gasteiger partial charge in [0, 0.05) is 25.6 Å². The van der Waals surface area contributed by atoms with E-state index in [0.29, 0.717) is 18.0 Å². The van der Waals surface area contributed by atoms with Crippen molar-refractivity contribution in [3.05, 3.63) is 83.4 Å². The van der Waals surface area contributed by atoms with Crippen LogP contribution in [-0.2, 0) is 6.54 Å². The van der Waals surface area contributed by atoms with E-state index in [-0.39, 0.29) is 12.5 Å². The van der Waals surface area contributed by atoms with E-state index in [1.54, 1.807) is 12.1 Å². The maximum Gasteiger partial charge on any atom is 0.335 e. The fourth-order valence-corrected chi connectivity index (χ4v) is 4.46. The van der Waals surface area contributed by atoms with Gasteiger partial charge in [-0.1, -0.05) is 54.6 Å². The van der Waals surface area contributed by atoms with Crippen LogP contribution in [-0.4, -0.2) is 40.8 Å². The van der Waals surface area contributed by atoms with Crippen LogP contribution < -0.4 is 0 Å². The molecule has 0 aromatic heterocycles. The third-order valence-corrected chi connectivity index (χ3v) is 5.87. The standard InChI is InChI=1S/C24H25NO3/c26-16-21-15-25(11-10-23(21)17-6-2-1-3-7-17)14-20-13-19(24(27)28)12-18-8-4-5-9-22(18)20/h1-9,12-13,21,23,26H,10-11,14-16H2,(H,27,28)/t21-,23+/m0/s1. The van der Waals surface area contributed by atoms with Crippen LogP contribution in [0.25, 0.3) is 10.8 Å². The predicted octanol–water partition coefficient (Wildman–Crippen LogP) is 4.14. The highest BCUT2D eigenvalue weighted by molar-refractivity contribution is 5.96. The van der Waals surface area contributed by atoms with Gasteiger partial charge in [0.2, 0.25) is 0 Å². The molecule has 1 aliphatic rings. The van der Waals surface area contributed by atoms with Gasteiger partial charge in [0.15, 0.2) is 0 Å². The molecule has 0 spiro atoms. The lowest BCUT2D eigenvalue weighted by molar-refractivity contribution is 0.0696. The topological polar surface area (TPSA) is 60.8 Å². The van der Waals surface area contributed by atoms with Gasteiger partial charge < -0.3 is 10.2 Å². The highest BCUT2D eigenvalue weighted by Gasteiger charge is 2.30. The fraction of sp³-hybridized carbons (Fsp3) is 0.292. The minimum atomic E-state index is -0.900. The molecule has 0 unspecified atom stereocenters. The number of likely N-dealkylation sites (tertiary alicyclic amines) is 1. The molecule has 0 aliphatic carbocycles. The normalized spacial score (nSPS) is 20.3. The molecule has 2 atom stereocenters. The number of aromatic carboxylic acids is 1. The van der Waals surface area contributed by atoms with Gasteiger partial charge in [0.05, 0.1) is 5.56 Å². The van der Waals surface area contributed by atoms with Crippen LogP contribution in [0.3, 0.4) is 0 Å². The van der Waals surface area contributed by atoms with E-state index in [1.807, 2.05) is 24.3 Å². The van der Waals surface area contributed by atoms with Crippen molar-refractivity contribution in [3.63, 3.8) is 0 Å². The Morgan fingerprint density at radius 1 is 1.04 bits per heavy atom. The fourth-order valence-electron chi connectivity index (χ4n) is 4.46. The second-order valence-electron chi connectivity index (χ2n) is 7.65. The summed E-state index contributed by atoms with van der Waals surface area (Å²) in [6, 6.07) is 21.9. The Bertz CT molecular complexity index is 970. The van der Waals surface area contributed by atoms with Gasteiger partial charge in [0.25, 0.3) is 0 Å². The van der Waals surface area contributed by atoms with E-state index in [9.17, 15) is 15.0 Å². The first kappa shape index (κ1) is 18.7. The summed E-state index contributed by atoms with van der Waals surface area (Å²) in [6.07, 6.45) is 0.992. The quantitative estimate of drug-likeness (QED) is 0.704. The predicted molar refractivity (Wildman–Crippen MR) is 111 cm³/mol. The van der Waals surface area contributed by atoms with Crippen molar-refractivity contribution in [2.45, 2.75) is 18.9 Å². The number of fused-ring (bicyclic) bond motifs is 1. The zero-order valence-corrected chi connectivity index (χ0v) is 15.8. The van der Waals surface area contributed by atoms with E-state index < -0.39 is 5.97 Å². The van der Waals surface area contributed by atoms with Crippen molar-refractivity contribution in [2.24, 2.45) is 5.92 Å². The van der Waals surface area contributed by atoms with Crippen LogP contribution in [0.2, 0.25) is 0 Å². The van der Waals surface area contributed by atoms with Crippen LogP contribution in [0.5, 0.6) is 0 Å². The van der Waals surface area contributed by atoms with Gasteiger partial charge in [-0.3, -0.25) is 4.90 Å². The maximum atomic E-state index is 11.5. The number of nitrogens with zero attached hydrogens (tertiary/aromatic N) is 1. The minimum absolute atomic E-state index is 0.159. The second kappa shape index (κ2) is 8.13. The Hall–Kier alpha value is -2.69. The molecule has 1 aliphatic heterocycles. The van der Waals surface area contributed by atoms with E-state index in [0.717, 1.165) is 35.8 Å². The van der Waals surface area contributed by atoms with Gasteiger partial charge in [-0.25, -0.2) is 4.79 Å². The monoisotopic (exact) mass is 375 g/mol. The zero-order valence-electron chi connectivity index (χ0n) is 15.8. The van der Waals surface area contributed by atoms with Crippen molar-refractivity contribution >= 4 is 16.7 Å². The second-order valence-corrected chi connectivity index (χ2v) is 7.65. The number of rotatable bonds is 5. The van der Waals surface area contributed by atoms with Crippen LogP contribution in [0.15, 0.2) is 66.7 Å².